The van der Waals surface area contributed by atoms with Crippen LogP contribution in [0.1, 0.15) is 24.2 Å². The van der Waals surface area contributed by atoms with Crippen molar-refractivity contribution < 1.29 is 18.4 Å². The summed E-state index contributed by atoms with van der Waals surface area (Å²) in [5, 5.41) is 6.91. The van der Waals surface area contributed by atoms with Gasteiger partial charge >= 0.3 is 0 Å². The van der Waals surface area contributed by atoms with Crippen LogP contribution in [-0.4, -0.2) is 17.3 Å². The van der Waals surface area contributed by atoms with Gasteiger partial charge in [-0.05, 0) is 36.8 Å². The van der Waals surface area contributed by atoms with Crippen molar-refractivity contribution in [2.24, 2.45) is 0 Å². The molecule has 0 aliphatic rings. The number of halogens is 1. The fourth-order valence-corrected chi connectivity index (χ4v) is 2.38. The smallest absolute Gasteiger partial charge is 0.245 e. The number of anilines is 1. The number of rotatable bonds is 7. The second kappa shape index (κ2) is 7.86. The van der Waals surface area contributed by atoms with Crippen molar-refractivity contribution in [2.45, 2.75) is 26.8 Å². The summed E-state index contributed by atoms with van der Waals surface area (Å²) in [7, 11) is 1.58. The lowest BCUT2D eigenvalue weighted by Gasteiger charge is -2.14. The molecule has 7 heteroatoms. The number of nitrogens with one attached hydrogen (secondary N) is 1. The Morgan fingerprint density at radius 3 is 2.65 bits per heavy atom. The zero-order valence-corrected chi connectivity index (χ0v) is 14.9. The SMILES string of the molecule is CCc1noc(CNc2cc(F)ccc2Oc2ccc(C)cc2OC)n1. The first-order valence-corrected chi connectivity index (χ1v) is 8.26. The van der Waals surface area contributed by atoms with Crippen LogP contribution >= 0.6 is 0 Å². The molecule has 0 aliphatic heterocycles. The van der Waals surface area contributed by atoms with Crippen molar-refractivity contribution >= 4 is 5.69 Å². The zero-order valence-electron chi connectivity index (χ0n) is 14.9. The summed E-state index contributed by atoms with van der Waals surface area (Å²) in [5.74, 6) is 2.27. The normalized spacial score (nSPS) is 10.6. The monoisotopic (exact) mass is 357 g/mol. The summed E-state index contributed by atoms with van der Waals surface area (Å²) < 4.78 is 30.1. The van der Waals surface area contributed by atoms with Crippen LogP contribution in [0.5, 0.6) is 17.2 Å². The third-order valence-electron chi connectivity index (χ3n) is 3.74. The lowest BCUT2D eigenvalue weighted by Crippen LogP contribution is -2.02. The summed E-state index contributed by atoms with van der Waals surface area (Å²) in [6.45, 7) is 4.17. The maximum Gasteiger partial charge on any atom is 0.245 e. The average Bonchev–Trinajstić information content (AvgIpc) is 3.11. The van der Waals surface area contributed by atoms with Gasteiger partial charge in [0.05, 0.1) is 19.3 Å². The van der Waals surface area contributed by atoms with Crippen LogP contribution in [0.4, 0.5) is 10.1 Å². The van der Waals surface area contributed by atoms with Crippen LogP contribution in [0.3, 0.4) is 0 Å². The standard InChI is InChI=1S/C19H20FN3O3/c1-4-18-22-19(26-23-18)11-21-14-10-13(20)6-8-15(14)25-16-7-5-12(2)9-17(16)24-3/h5-10,21H,4,11H2,1-3H3. The van der Waals surface area contributed by atoms with Gasteiger partial charge in [-0.1, -0.05) is 18.1 Å². The van der Waals surface area contributed by atoms with Crippen LogP contribution in [0.2, 0.25) is 0 Å². The van der Waals surface area contributed by atoms with Gasteiger partial charge in [-0.2, -0.15) is 4.98 Å². The van der Waals surface area contributed by atoms with Gasteiger partial charge in [0.15, 0.2) is 23.1 Å². The highest BCUT2D eigenvalue weighted by Crippen LogP contribution is 2.36. The highest BCUT2D eigenvalue weighted by molar-refractivity contribution is 5.59. The topological polar surface area (TPSA) is 69.4 Å². The maximum absolute atomic E-state index is 13.7. The minimum atomic E-state index is -0.379. The Hall–Kier alpha value is -3.09. The number of aromatic nitrogens is 2. The predicted octanol–water partition coefficient (Wildman–Crippen LogP) is 4.49. The van der Waals surface area contributed by atoms with Crippen LogP contribution < -0.4 is 14.8 Å². The molecule has 0 unspecified atom stereocenters. The number of hydrogen-bond donors (Lipinski definition) is 1. The molecule has 0 fully saturated rings. The van der Waals surface area contributed by atoms with E-state index in [-0.39, 0.29) is 12.4 Å². The quantitative estimate of drug-likeness (QED) is 0.672. The van der Waals surface area contributed by atoms with Crippen molar-refractivity contribution in [1.29, 1.82) is 0 Å². The van der Waals surface area contributed by atoms with Gasteiger partial charge < -0.3 is 19.3 Å². The van der Waals surface area contributed by atoms with Crippen LogP contribution in [0.15, 0.2) is 40.9 Å². The summed E-state index contributed by atoms with van der Waals surface area (Å²) in [4.78, 5) is 4.22. The van der Waals surface area contributed by atoms with E-state index in [4.69, 9.17) is 14.0 Å². The minimum absolute atomic E-state index is 0.262. The van der Waals surface area contributed by atoms with Crippen molar-refractivity contribution in [2.75, 3.05) is 12.4 Å². The Labute approximate surface area is 150 Å². The number of benzene rings is 2. The van der Waals surface area contributed by atoms with Gasteiger partial charge in [0, 0.05) is 12.5 Å². The van der Waals surface area contributed by atoms with E-state index in [1.54, 1.807) is 13.2 Å². The van der Waals surface area contributed by atoms with E-state index >= 15 is 0 Å². The fraction of sp³-hybridized carbons (Fsp3) is 0.263. The Morgan fingerprint density at radius 2 is 1.92 bits per heavy atom. The van der Waals surface area contributed by atoms with E-state index in [1.165, 1.54) is 12.1 Å². The molecule has 3 aromatic rings. The molecule has 0 bridgehead atoms. The van der Waals surface area contributed by atoms with Gasteiger partial charge in [-0.15, -0.1) is 0 Å². The summed E-state index contributed by atoms with van der Waals surface area (Å²) >= 11 is 0. The first-order chi connectivity index (χ1) is 12.6. The number of hydrogen-bond acceptors (Lipinski definition) is 6. The van der Waals surface area contributed by atoms with E-state index in [1.807, 2.05) is 32.0 Å². The Kier molecular flexibility index (Phi) is 5.36. The third-order valence-corrected chi connectivity index (χ3v) is 3.74. The molecule has 0 spiro atoms. The van der Waals surface area contributed by atoms with E-state index in [2.05, 4.69) is 15.5 Å². The molecule has 3 rings (SSSR count). The van der Waals surface area contributed by atoms with Gasteiger partial charge in [0.1, 0.15) is 5.82 Å². The Bertz CT molecular complexity index is 895. The highest BCUT2D eigenvalue weighted by atomic mass is 19.1. The Balaban J connectivity index is 1.81. The zero-order chi connectivity index (χ0) is 18.5. The first kappa shape index (κ1) is 17.7. The van der Waals surface area contributed by atoms with Gasteiger partial charge in [0.25, 0.3) is 0 Å². The fourth-order valence-electron chi connectivity index (χ4n) is 2.38. The molecule has 136 valence electrons. The minimum Gasteiger partial charge on any atom is -0.493 e. The molecule has 26 heavy (non-hydrogen) atoms. The molecule has 0 saturated heterocycles. The maximum atomic E-state index is 13.7. The van der Waals surface area contributed by atoms with E-state index < -0.39 is 0 Å². The molecular formula is C19H20FN3O3. The molecule has 1 aromatic heterocycles. The van der Waals surface area contributed by atoms with Crippen molar-refractivity contribution in [3.8, 4) is 17.2 Å². The Morgan fingerprint density at radius 1 is 1.12 bits per heavy atom. The number of nitrogens with zero attached hydrogens (tertiary/aromatic N) is 2. The summed E-state index contributed by atoms with van der Waals surface area (Å²) in [5.41, 5.74) is 1.53. The van der Waals surface area contributed by atoms with Crippen molar-refractivity contribution in [3.63, 3.8) is 0 Å². The lowest BCUT2D eigenvalue weighted by molar-refractivity contribution is 0.375. The number of aryl methyl sites for hydroxylation is 2. The molecule has 1 N–H and O–H groups in total. The predicted molar refractivity (Wildman–Crippen MR) is 95.2 cm³/mol. The van der Waals surface area contributed by atoms with Crippen LogP contribution in [0, 0.1) is 12.7 Å². The molecule has 0 atom stereocenters. The highest BCUT2D eigenvalue weighted by Gasteiger charge is 2.12. The number of ether oxygens (including phenoxy) is 2. The van der Waals surface area contributed by atoms with E-state index in [0.717, 1.165) is 5.56 Å². The second-order valence-corrected chi connectivity index (χ2v) is 5.71. The largest absolute Gasteiger partial charge is 0.493 e. The lowest BCUT2D eigenvalue weighted by atomic mass is 10.2. The molecule has 0 saturated carbocycles. The van der Waals surface area contributed by atoms with Crippen molar-refractivity contribution in [3.05, 3.63) is 59.5 Å². The first-order valence-electron chi connectivity index (χ1n) is 8.26. The van der Waals surface area contributed by atoms with E-state index in [0.29, 0.717) is 41.1 Å². The molecule has 1 heterocycles. The molecule has 0 radical (unpaired) electrons. The molecule has 0 aliphatic carbocycles. The van der Waals surface area contributed by atoms with E-state index in [9.17, 15) is 4.39 Å². The van der Waals surface area contributed by atoms with Gasteiger partial charge in [-0.3, -0.25) is 0 Å². The summed E-state index contributed by atoms with van der Waals surface area (Å²) in [6.07, 6.45) is 0.686. The molecular weight excluding hydrogens is 337 g/mol. The van der Waals surface area contributed by atoms with Gasteiger partial charge in [-0.25, -0.2) is 4.39 Å². The average molecular weight is 357 g/mol. The number of methoxy groups -OCH3 is 1. The third kappa shape index (κ3) is 4.11. The summed E-state index contributed by atoms with van der Waals surface area (Å²) in [6, 6.07) is 9.85. The second-order valence-electron chi connectivity index (χ2n) is 5.71. The molecule has 0 amide bonds. The van der Waals surface area contributed by atoms with Gasteiger partial charge in [0.2, 0.25) is 5.89 Å². The molecule has 6 nitrogen and oxygen atoms in total. The molecule has 2 aromatic carbocycles. The van der Waals surface area contributed by atoms with Crippen molar-refractivity contribution in [1.82, 2.24) is 10.1 Å². The van der Waals surface area contributed by atoms with Crippen LogP contribution in [-0.2, 0) is 13.0 Å². The van der Waals surface area contributed by atoms with Crippen LogP contribution in [0.25, 0.3) is 0 Å².